The van der Waals surface area contributed by atoms with Gasteiger partial charge in [-0.25, -0.2) is 4.39 Å². The quantitative estimate of drug-likeness (QED) is 0.861. The van der Waals surface area contributed by atoms with Gasteiger partial charge in [0.1, 0.15) is 5.82 Å². The third-order valence-electron chi connectivity index (χ3n) is 2.86. The van der Waals surface area contributed by atoms with Gasteiger partial charge < -0.3 is 5.73 Å². The molecule has 0 spiro atoms. The van der Waals surface area contributed by atoms with Crippen LogP contribution in [0, 0.1) is 12.7 Å². The molecule has 1 atom stereocenters. The van der Waals surface area contributed by atoms with Gasteiger partial charge in [-0.05, 0) is 43.2 Å². The van der Waals surface area contributed by atoms with Gasteiger partial charge in [-0.2, -0.15) is 0 Å². The van der Waals surface area contributed by atoms with Crippen LogP contribution in [0.3, 0.4) is 0 Å². The monoisotopic (exact) mass is 231 g/mol. The molecule has 0 aliphatic carbocycles. The molecule has 0 fully saturated rings. The maximum atomic E-state index is 12.8. The molecule has 2 rings (SSSR count). The van der Waals surface area contributed by atoms with Crippen molar-refractivity contribution >= 4 is 0 Å². The second kappa shape index (κ2) is 4.22. The van der Waals surface area contributed by atoms with Crippen molar-refractivity contribution in [2.45, 2.75) is 19.4 Å². The van der Waals surface area contributed by atoms with Crippen molar-refractivity contribution in [1.29, 1.82) is 0 Å². The maximum Gasteiger partial charge on any atom is 0.141 e. The Morgan fingerprint density at radius 3 is 2.59 bits per heavy atom. The standard InChI is InChI=1S/C13H14FN3/c1-9-5-6-16-8-11(9)13(2,15)12-4-3-10(14)7-17-12/h3-8H,15H2,1-2H3. The molecule has 0 radical (unpaired) electrons. The molecular weight excluding hydrogens is 217 g/mol. The lowest BCUT2D eigenvalue weighted by Crippen LogP contribution is -2.36. The fourth-order valence-corrected chi connectivity index (χ4v) is 1.83. The number of nitrogens with two attached hydrogens (primary N) is 1. The fraction of sp³-hybridized carbons (Fsp3) is 0.231. The second-order valence-electron chi connectivity index (χ2n) is 4.25. The van der Waals surface area contributed by atoms with E-state index in [2.05, 4.69) is 9.97 Å². The first-order valence-corrected chi connectivity index (χ1v) is 5.34. The van der Waals surface area contributed by atoms with Gasteiger partial charge in [-0.1, -0.05) is 0 Å². The van der Waals surface area contributed by atoms with Gasteiger partial charge in [0.15, 0.2) is 0 Å². The van der Waals surface area contributed by atoms with Crippen molar-refractivity contribution in [2.75, 3.05) is 0 Å². The summed E-state index contributed by atoms with van der Waals surface area (Å²) in [6.07, 6.45) is 4.61. The van der Waals surface area contributed by atoms with E-state index in [-0.39, 0.29) is 5.82 Å². The van der Waals surface area contributed by atoms with Crippen LogP contribution in [0.15, 0.2) is 36.8 Å². The molecule has 0 aromatic carbocycles. The number of pyridine rings is 2. The van der Waals surface area contributed by atoms with Crippen LogP contribution in [0.5, 0.6) is 0 Å². The lowest BCUT2D eigenvalue weighted by atomic mass is 9.88. The summed E-state index contributed by atoms with van der Waals surface area (Å²) in [6, 6.07) is 4.85. The van der Waals surface area contributed by atoms with Crippen molar-refractivity contribution in [1.82, 2.24) is 9.97 Å². The minimum Gasteiger partial charge on any atom is -0.317 e. The lowest BCUT2D eigenvalue weighted by molar-refractivity contribution is 0.563. The van der Waals surface area contributed by atoms with Gasteiger partial charge in [-0.15, -0.1) is 0 Å². The van der Waals surface area contributed by atoms with Crippen LogP contribution in [0.4, 0.5) is 4.39 Å². The number of aryl methyl sites for hydroxylation is 1. The fourth-order valence-electron chi connectivity index (χ4n) is 1.83. The van der Waals surface area contributed by atoms with E-state index in [9.17, 15) is 4.39 Å². The number of rotatable bonds is 2. The Morgan fingerprint density at radius 2 is 2.00 bits per heavy atom. The van der Waals surface area contributed by atoms with E-state index >= 15 is 0 Å². The molecule has 0 amide bonds. The Balaban J connectivity index is 2.49. The van der Waals surface area contributed by atoms with Crippen LogP contribution in [0.25, 0.3) is 0 Å². The highest BCUT2D eigenvalue weighted by Crippen LogP contribution is 2.26. The normalized spacial score (nSPS) is 14.4. The maximum absolute atomic E-state index is 12.8. The summed E-state index contributed by atoms with van der Waals surface area (Å²) in [4.78, 5) is 8.11. The van der Waals surface area contributed by atoms with Crippen LogP contribution in [0.2, 0.25) is 0 Å². The van der Waals surface area contributed by atoms with Crippen molar-refractivity contribution in [3.05, 3.63) is 59.4 Å². The average Bonchev–Trinajstić information content (AvgIpc) is 2.30. The molecule has 1 unspecified atom stereocenters. The van der Waals surface area contributed by atoms with Crippen molar-refractivity contribution in [3.8, 4) is 0 Å². The van der Waals surface area contributed by atoms with Gasteiger partial charge in [0.05, 0.1) is 17.4 Å². The largest absolute Gasteiger partial charge is 0.317 e. The molecule has 2 aromatic rings. The number of halogens is 1. The van der Waals surface area contributed by atoms with Gasteiger partial charge >= 0.3 is 0 Å². The number of aromatic nitrogens is 2. The lowest BCUT2D eigenvalue weighted by Gasteiger charge is -2.25. The number of hydrogen-bond acceptors (Lipinski definition) is 3. The topological polar surface area (TPSA) is 51.8 Å². The molecule has 88 valence electrons. The van der Waals surface area contributed by atoms with Crippen LogP contribution < -0.4 is 5.73 Å². The van der Waals surface area contributed by atoms with Crippen LogP contribution in [-0.4, -0.2) is 9.97 Å². The Bertz CT molecular complexity index is 520. The Morgan fingerprint density at radius 1 is 1.24 bits per heavy atom. The highest BCUT2D eigenvalue weighted by molar-refractivity contribution is 5.36. The molecule has 0 saturated heterocycles. The van der Waals surface area contributed by atoms with E-state index in [1.54, 1.807) is 18.5 Å². The van der Waals surface area contributed by atoms with Gasteiger partial charge in [0.2, 0.25) is 0 Å². The van der Waals surface area contributed by atoms with Crippen LogP contribution >= 0.6 is 0 Å². The second-order valence-corrected chi connectivity index (χ2v) is 4.25. The summed E-state index contributed by atoms with van der Waals surface area (Å²) < 4.78 is 12.8. The third kappa shape index (κ3) is 2.17. The summed E-state index contributed by atoms with van der Waals surface area (Å²) in [5.41, 5.74) is 8.06. The molecule has 0 aliphatic heterocycles. The molecule has 0 bridgehead atoms. The first-order valence-electron chi connectivity index (χ1n) is 5.34. The summed E-state index contributed by atoms with van der Waals surface area (Å²) in [5.74, 6) is -0.368. The van der Waals surface area contributed by atoms with E-state index in [1.807, 2.05) is 19.9 Å². The minimum atomic E-state index is -0.772. The molecule has 4 heteroatoms. The van der Waals surface area contributed by atoms with Gasteiger partial charge in [-0.3, -0.25) is 9.97 Å². The highest BCUT2D eigenvalue weighted by Gasteiger charge is 2.27. The molecular formula is C13H14FN3. The highest BCUT2D eigenvalue weighted by atomic mass is 19.1. The molecule has 2 N–H and O–H groups in total. The average molecular weight is 231 g/mol. The summed E-state index contributed by atoms with van der Waals surface area (Å²) in [6.45, 7) is 3.81. The Hall–Kier alpha value is -1.81. The summed E-state index contributed by atoms with van der Waals surface area (Å²) in [5, 5.41) is 0. The van der Waals surface area contributed by atoms with E-state index in [4.69, 9.17) is 5.73 Å². The molecule has 17 heavy (non-hydrogen) atoms. The SMILES string of the molecule is Cc1ccncc1C(C)(N)c1ccc(F)cn1. The van der Waals surface area contributed by atoms with Crippen molar-refractivity contribution < 1.29 is 4.39 Å². The van der Waals surface area contributed by atoms with Crippen LogP contribution in [0.1, 0.15) is 23.7 Å². The third-order valence-corrected chi connectivity index (χ3v) is 2.86. The molecule has 0 aliphatic rings. The number of nitrogens with zero attached hydrogens (tertiary/aromatic N) is 2. The summed E-state index contributed by atoms with van der Waals surface area (Å²) in [7, 11) is 0. The number of hydrogen-bond donors (Lipinski definition) is 1. The Labute approximate surface area is 99.5 Å². The Kier molecular flexibility index (Phi) is 2.90. The smallest absolute Gasteiger partial charge is 0.141 e. The van der Waals surface area contributed by atoms with E-state index < -0.39 is 5.54 Å². The molecule has 2 heterocycles. The van der Waals surface area contributed by atoms with Crippen LogP contribution in [-0.2, 0) is 5.54 Å². The van der Waals surface area contributed by atoms with E-state index in [0.717, 1.165) is 11.1 Å². The zero-order valence-electron chi connectivity index (χ0n) is 9.81. The van der Waals surface area contributed by atoms with Gasteiger partial charge in [0, 0.05) is 12.4 Å². The molecule has 0 saturated carbocycles. The predicted octanol–water partition coefficient (Wildman–Crippen LogP) is 2.15. The van der Waals surface area contributed by atoms with Crippen molar-refractivity contribution in [3.63, 3.8) is 0 Å². The predicted molar refractivity (Wildman–Crippen MR) is 63.8 cm³/mol. The van der Waals surface area contributed by atoms with Crippen molar-refractivity contribution in [2.24, 2.45) is 5.73 Å². The van der Waals surface area contributed by atoms with E-state index in [0.29, 0.717) is 5.69 Å². The van der Waals surface area contributed by atoms with E-state index in [1.165, 1.54) is 12.3 Å². The summed E-state index contributed by atoms with van der Waals surface area (Å²) >= 11 is 0. The molecule has 3 nitrogen and oxygen atoms in total. The first kappa shape index (κ1) is 11.7. The minimum absolute atomic E-state index is 0.368. The first-order chi connectivity index (χ1) is 8.01. The molecule has 2 aromatic heterocycles. The zero-order valence-corrected chi connectivity index (χ0v) is 9.81. The zero-order chi connectivity index (χ0) is 12.5. The van der Waals surface area contributed by atoms with Gasteiger partial charge in [0.25, 0.3) is 0 Å².